The molecule has 0 spiro atoms. The summed E-state index contributed by atoms with van der Waals surface area (Å²) in [7, 11) is 4.04. The van der Waals surface area contributed by atoms with Gasteiger partial charge < -0.3 is 10.2 Å². The van der Waals surface area contributed by atoms with Crippen molar-refractivity contribution in [3.05, 3.63) is 42.0 Å². The molecule has 0 aliphatic rings. The van der Waals surface area contributed by atoms with Crippen LogP contribution in [0.5, 0.6) is 0 Å². The lowest BCUT2D eigenvalue weighted by Gasteiger charge is -2.25. The summed E-state index contributed by atoms with van der Waals surface area (Å²) in [5, 5.41) is 7.74. The van der Waals surface area contributed by atoms with Gasteiger partial charge in [0, 0.05) is 68.1 Å². The van der Waals surface area contributed by atoms with Crippen LogP contribution in [0.4, 0.5) is 5.69 Å². The smallest absolute Gasteiger partial charge is 0.0539 e. The number of aryl methyl sites for hydroxylation is 1. The van der Waals surface area contributed by atoms with Gasteiger partial charge in [-0.2, -0.15) is 5.10 Å². The van der Waals surface area contributed by atoms with Crippen molar-refractivity contribution >= 4 is 5.69 Å². The number of aromatic nitrogens is 3. The Hall–Kier alpha value is -1.88. The van der Waals surface area contributed by atoms with E-state index in [0.717, 1.165) is 13.1 Å². The summed E-state index contributed by atoms with van der Waals surface area (Å²) in [4.78, 5) is 6.49. The average molecular weight is 287 g/mol. The van der Waals surface area contributed by atoms with Crippen molar-refractivity contribution in [1.82, 2.24) is 20.1 Å². The second kappa shape index (κ2) is 6.26. The monoisotopic (exact) mass is 287 g/mol. The van der Waals surface area contributed by atoms with Crippen LogP contribution in [0.1, 0.15) is 31.9 Å². The molecule has 0 unspecified atom stereocenters. The Balaban J connectivity index is 2.11. The zero-order valence-electron chi connectivity index (χ0n) is 13.6. The molecule has 0 aliphatic carbocycles. The predicted molar refractivity (Wildman–Crippen MR) is 86.1 cm³/mol. The maximum atomic E-state index is 4.26. The normalized spacial score (nSPS) is 11.7. The van der Waals surface area contributed by atoms with Crippen molar-refractivity contribution < 1.29 is 0 Å². The van der Waals surface area contributed by atoms with E-state index in [0.29, 0.717) is 0 Å². The molecule has 0 radical (unpaired) electrons. The molecule has 0 saturated carbocycles. The maximum Gasteiger partial charge on any atom is 0.0539 e. The maximum absolute atomic E-state index is 4.26. The zero-order chi connectivity index (χ0) is 15.5. The number of hydrogen-bond donors (Lipinski definition) is 1. The Morgan fingerprint density at radius 1 is 1.29 bits per heavy atom. The minimum Gasteiger partial charge on any atom is -0.370 e. The van der Waals surface area contributed by atoms with Crippen LogP contribution in [0, 0.1) is 0 Å². The predicted octanol–water partition coefficient (Wildman–Crippen LogP) is 2.34. The molecule has 1 N–H and O–H groups in total. The molecular formula is C16H25N5. The number of anilines is 1. The summed E-state index contributed by atoms with van der Waals surface area (Å²) in [5.74, 6) is 0. The van der Waals surface area contributed by atoms with Crippen LogP contribution < -0.4 is 10.2 Å². The summed E-state index contributed by atoms with van der Waals surface area (Å²) in [6.45, 7) is 8.15. The van der Waals surface area contributed by atoms with E-state index < -0.39 is 0 Å². The first-order valence-corrected chi connectivity index (χ1v) is 7.22. The van der Waals surface area contributed by atoms with Gasteiger partial charge in [-0.15, -0.1) is 0 Å². The molecule has 5 heteroatoms. The third-order valence-corrected chi connectivity index (χ3v) is 3.28. The largest absolute Gasteiger partial charge is 0.370 e. The van der Waals surface area contributed by atoms with Crippen LogP contribution in [-0.2, 0) is 20.1 Å². The molecule has 5 nitrogen and oxygen atoms in total. The Morgan fingerprint density at radius 3 is 2.67 bits per heavy atom. The van der Waals surface area contributed by atoms with Crippen molar-refractivity contribution in [2.75, 3.05) is 11.9 Å². The van der Waals surface area contributed by atoms with Gasteiger partial charge in [0.05, 0.1) is 6.20 Å². The van der Waals surface area contributed by atoms with Crippen molar-refractivity contribution in [2.24, 2.45) is 7.05 Å². The number of hydrogen-bond acceptors (Lipinski definition) is 4. The summed E-state index contributed by atoms with van der Waals surface area (Å²) in [5.41, 5.74) is 3.70. The topological polar surface area (TPSA) is 46.0 Å². The first-order chi connectivity index (χ1) is 9.85. The highest BCUT2D eigenvalue weighted by Crippen LogP contribution is 2.20. The fourth-order valence-corrected chi connectivity index (χ4v) is 2.20. The number of nitrogens with zero attached hydrogens (tertiary/aromatic N) is 4. The van der Waals surface area contributed by atoms with Crippen LogP contribution in [0.2, 0.25) is 0 Å². The lowest BCUT2D eigenvalue weighted by atomic mass is 10.1. The minimum absolute atomic E-state index is 0.0923. The molecule has 2 aromatic heterocycles. The summed E-state index contributed by atoms with van der Waals surface area (Å²) >= 11 is 0. The van der Waals surface area contributed by atoms with Crippen molar-refractivity contribution in [3.8, 4) is 0 Å². The summed E-state index contributed by atoms with van der Waals surface area (Å²) in [6.07, 6.45) is 7.74. The van der Waals surface area contributed by atoms with Gasteiger partial charge in [0.15, 0.2) is 0 Å². The number of nitrogens with one attached hydrogen (secondary N) is 1. The van der Waals surface area contributed by atoms with E-state index in [-0.39, 0.29) is 5.54 Å². The first-order valence-electron chi connectivity index (χ1n) is 7.22. The molecular weight excluding hydrogens is 262 g/mol. The summed E-state index contributed by atoms with van der Waals surface area (Å²) in [6, 6.07) is 2.07. The molecule has 0 aromatic carbocycles. The number of pyridine rings is 1. The van der Waals surface area contributed by atoms with Gasteiger partial charge in [0.1, 0.15) is 0 Å². The molecule has 2 heterocycles. The average Bonchev–Trinajstić information content (AvgIpc) is 2.81. The van der Waals surface area contributed by atoms with Gasteiger partial charge in [-0.25, -0.2) is 0 Å². The van der Waals surface area contributed by atoms with Crippen LogP contribution >= 0.6 is 0 Å². The highest BCUT2D eigenvalue weighted by atomic mass is 15.2. The fourth-order valence-electron chi connectivity index (χ4n) is 2.20. The Kier molecular flexibility index (Phi) is 4.63. The van der Waals surface area contributed by atoms with Gasteiger partial charge in [-0.3, -0.25) is 9.67 Å². The molecule has 0 saturated heterocycles. The van der Waals surface area contributed by atoms with E-state index in [4.69, 9.17) is 0 Å². The summed E-state index contributed by atoms with van der Waals surface area (Å²) < 4.78 is 1.83. The van der Waals surface area contributed by atoms with Gasteiger partial charge in [0.2, 0.25) is 0 Å². The number of rotatable bonds is 5. The van der Waals surface area contributed by atoms with Crippen LogP contribution in [0.3, 0.4) is 0 Å². The van der Waals surface area contributed by atoms with Crippen LogP contribution in [0.15, 0.2) is 30.9 Å². The highest BCUT2D eigenvalue weighted by Gasteiger charge is 2.13. The van der Waals surface area contributed by atoms with Crippen molar-refractivity contribution in [3.63, 3.8) is 0 Å². The van der Waals surface area contributed by atoms with Crippen LogP contribution in [-0.4, -0.2) is 27.4 Å². The quantitative estimate of drug-likeness (QED) is 0.917. The molecule has 0 aliphatic heterocycles. The van der Waals surface area contributed by atoms with E-state index >= 15 is 0 Å². The van der Waals surface area contributed by atoms with Gasteiger partial charge in [-0.1, -0.05) is 0 Å². The molecule has 114 valence electrons. The van der Waals surface area contributed by atoms with E-state index in [1.165, 1.54) is 16.8 Å². The molecule has 0 atom stereocenters. The van der Waals surface area contributed by atoms with Crippen molar-refractivity contribution in [2.45, 2.75) is 39.4 Å². The van der Waals surface area contributed by atoms with Gasteiger partial charge >= 0.3 is 0 Å². The molecule has 2 aromatic rings. The van der Waals surface area contributed by atoms with E-state index in [1.807, 2.05) is 36.5 Å². The molecule has 21 heavy (non-hydrogen) atoms. The Morgan fingerprint density at radius 2 is 2.05 bits per heavy atom. The third-order valence-electron chi connectivity index (χ3n) is 3.28. The fraction of sp³-hybridized carbons (Fsp3) is 0.500. The lowest BCUT2D eigenvalue weighted by molar-refractivity contribution is 0.424. The Labute approximate surface area is 127 Å². The third kappa shape index (κ3) is 4.56. The van der Waals surface area contributed by atoms with Crippen molar-refractivity contribution in [1.29, 1.82) is 0 Å². The molecule has 0 bridgehead atoms. The van der Waals surface area contributed by atoms with Gasteiger partial charge in [-0.05, 0) is 26.8 Å². The SMILES string of the molecule is CN(Cc1cnn(C)c1)c1ccncc1CNC(C)(C)C. The van der Waals surface area contributed by atoms with Gasteiger partial charge in [0.25, 0.3) is 0 Å². The first kappa shape index (κ1) is 15.5. The lowest BCUT2D eigenvalue weighted by Crippen LogP contribution is -2.35. The van der Waals surface area contributed by atoms with E-state index in [2.05, 4.69) is 54.2 Å². The van der Waals surface area contributed by atoms with E-state index in [9.17, 15) is 0 Å². The Bertz CT molecular complexity index is 582. The second-order valence-corrected chi connectivity index (χ2v) is 6.49. The van der Waals surface area contributed by atoms with Crippen LogP contribution in [0.25, 0.3) is 0 Å². The minimum atomic E-state index is 0.0923. The molecule has 0 amide bonds. The zero-order valence-corrected chi connectivity index (χ0v) is 13.6. The van der Waals surface area contributed by atoms with E-state index in [1.54, 1.807) is 0 Å². The standard InChI is InChI=1S/C16H25N5/c1-16(2,3)18-10-14-9-17-7-6-15(14)20(4)11-13-8-19-21(5)12-13/h6-9,12,18H,10-11H2,1-5H3. The second-order valence-electron chi connectivity index (χ2n) is 6.49. The highest BCUT2D eigenvalue weighted by molar-refractivity contribution is 5.51. The molecule has 2 rings (SSSR count). The molecule has 0 fully saturated rings.